The summed E-state index contributed by atoms with van der Waals surface area (Å²) in [6.45, 7) is 4.74. The largest absolute Gasteiger partial charge is 0.392 e. The summed E-state index contributed by atoms with van der Waals surface area (Å²) in [6.07, 6.45) is 3.37. The van der Waals surface area contributed by atoms with Gasteiger partial charge in [-0.15, -0.1) is 0 Å². The van der Waals surface area contributed by atoms with E-state index >= 15 is 0 Å². The minimum absolute atomic E-state index is 0.262. The van der Waals surface area contributed by atoms with E-state index in [1.165, 1.54) is 0 Å². The third-order valence-electron chi connectivity index (χ3n) is 3.16. The fraction of sp³-hybridized carbons (Fsp3) is 0.615. The Labute approximate surface area is 96.5 Å². The lowest BCUT2D eigenvalue weighted by Crippen LogP contribution is -2.23. The molecule has 3 atom stereocenters. The van der Waals surface area contributed by atoms with Gasteiger partial charge in [0.2, 0.25) is 0 Å². The molecule has 1 N–H and O–H groups in total. The Morgan fingerprint density at radius 2 is 2.38 bits per heavy atom. The van der Waals surface area contributed by atoms with Crippen LogP contribution in [-0.4, -0.2) is 28.9 Å². The van der Waals surface area contributed by atoms with Crippen LogP contribution in [0.5, 0.6) is 0 Å². The van der Waals surface area contributed by atoms with Gasteiger partial charge in [0.1, 0.15) is 0 Å². The molecule has 1 fully saturated rings. The summed E-state index contributed by atoms with van der Waals surface area (Å²) in [4.78, 5) is 4.31. The predicted molar refractivity (Wildman–Crippen MR) is 62.2 cm³/mol. The monoisotopic (exact) mass is 221 g/mol. The molecule has 2 heterocycles. The van der Waals surface area contributed by atoms with Gasteiger partial charge in [-0.2, -0.15) is 0 Å². The molecular formula is C13H19NO2. The van der Waals surface area contributed by atoms with Gasteiger partial charge < -0.3 is 9.84 Å². The Kier molecular flexibility index (Phi) is 3.56. The number of ether oxygens (including phenoxy) is 1. The van der Waals surface area contributed by atoms with Crippen molar-refractivity contribution in [2.24, 2.45) is 5.92 Å². The average Bonchev–Trinajstić information content (AvgIpc) is 2.68. The molecule has 16 heavy (non-hydrogen) atoms. The Hall–Kier alpha value is -0.930. The molecule has 0 radical (unpaired) electrons. The fourth-order valence-electron chi connectivity index (χ4n) is 2.12. The molecule has 0 bridgehead atoms. The summed E-state index contributed by atoms with van der Waals surface area (Å²) in [5.41, 5.74) is 2.11. The predicted octanol–water partition coefficient (Wildman–Crippen LogP) is 1.72. The van der Waals surface area contributed by atoms with Crippen molar-refractivity contribution in [3.05, 3.63) is 29.6 Å². The molecule has 0 saturated carbocycles. The molecule has 88 valence electrons. The van der Waals surface area contributed by atoms with E-state index in [0.717, 1.165) is 17.7 Å². The van der Waals surface area contributed by atoms with E-state index in [9.17, 15) is 5.11 Å². The maximum Gasteiger partial charge on any atom is 0.0646 e. The zero-order valence-electron chi connectivity index (χ0n) is 9.89. The summed E-state index contributed by atoms with van der Waals surface area (Å²) in [6, 6.07) is 4.01. The molecule has 0 aromatic carbocycles. The van der Waals surface area contributed by atoms with E-state index in [2.05, 4.69) is 11.9 Å². The zero-order valence-corrected chi connectivity index (χ0v) is 9.89. The van der Waals surface area contributed by atoms with Gasteiger partial charge in [-0.1, -0.05) is 6.07 Å². The number of hydrogen-bond acceptors (Lipinski definition) is 3. The number of rotatable bonds is 3. The minimum Gasteiger partial charge on any atom is -0.392 e. The second kappa shape index (κ2) is 4.93. The van der Waals surface area contributed by atoms with Crippen molar-refractivity contribution in [2.45, 2.75) is 38.9 Å². The number of aromatic nitrogens is 1. The highest BCUT2D eigenvalue weighted by atomic mass is 16.5. The van der Waals surface area contributed by atoms with Crippen molar-refractivity contribution >= 4 is 0 Å². The van der Waals surface area contributed by atoms with Crippen molar-refractivity contribution in [3.63, 3.8) is 0 Å². The first-order chi connectivity index (χ1) is 7.65. The summed E-state index contributed by atoms with van der Waals surface area (Å²) in [5.74, 6) is 0.262. The van der Waals surface area contributed by atoms with E-state index < -0.39 is 0 Å². The first kappa shape index (κ1) is 11.6. The number of pyridine rings is 1. The zero-order chi connectivity index (χ0) is 11.5. The van der Waals surface area contributed by atoms with Crippen LogP contribution >= 0.6 is 0 Å². The van der Waals surface area contributed by atoms with Gasteiger partial charge >= 0.3 is 0 Å². The topological polar surface area (TPSA) is 42.4 Å². The maximum atomic E-state index is 10.1. The van der Waals surface area contributed by atoms with Crippen LogP contribution in [0.1, 0.15) is 24.6 Å². The first-order valence-electron chi connectivity index (χ1n) is 5.86. The Morgan fingerprint density at radius 1 is 1.56 bits per heavy atom. The SMILES string of the molecule is Cc1ccc(CC(O)C2COC(C)C2)nc1. The van der Waals surface area contributed by atoms with E-state index in [1.807, 2.05) is 25.3 Å². The second-order valence-electron chi connectivity index (χ2n) is 4.74. The highest BCUT2D eigenvalue weighted by Crippen LogP contribution is 2.23. The maximum absolute atomic E-state index is 10.1. The van der Waals surface area contributed by atoms with Crippen molar-refractivity contribution in [1.29, 1.82) is 0 Å². The van der Waals surface area contributed by atoms with Crippen LogP contribution in [0.15, 0.2) is 18.3 Å². The summed E-state index contributed by atoms with van der Waals surface area (Å²) >= 11 is 0. The van der Waals surface area contributed by atoms with Crippen LogP contribution in [0.25, 0.3) is 0 Å². The molecule has 0 aliphatic carbocycles. The Balaban J connectivity index is 1.91. The Bertz CT molecular complexity index is 336. The van der Waals surface area contributed by atoms with Gasteiger partial charge in [0.25, 0.3) is 0 Å². The lowest BCUT2D eigenvalue weighted by molar-refractivity contribution is 0.0802. The smallest absolute Gasteiger partial charge is 0.0646 e. The van der Waals surface area contributed by atoms with Gasteiger partial charge in [0, 0.05) is 24.2 Å². The fourth-order valence-corrected chi connectivity index (χ4v) is 2.12. The normalized spacial score (nSPS) is 26.9. The molecule has 0 amide bonds. The molecule has 0 spiro atoms. The molecule has 1 saturated heterocycles. The van der Waals surface area contributed by atoms with E-state index in [0.29, 0.717) is 13.0 Å². The van der Waals surface area contributed by atoms with Gasteiger partial charge in [-0.25, -0.2) is 0 Å². The average molecular weight is 221 g/mol. The van der Waals surface area contributed by atoms with Crippen LogP contribution in [0, 0.1) is 12.8 Å². The minimum atomic E-state index is -0.333. The van der Waals surface area contributed by atoms with E-state index in [1.54, 1.807) is 0 Å². The molecule has 3 nitrogen and oxygen atoms in total. The standard InChI is InChI=1S/C13H19NO2/c1-9-3-4-12(14-7-9)6-13(15)11-5-10(2)16-8-11/h3-4,7,10-11,13,15H,5-6,8H2,1-2H3. The summed E-state index contributed by atoms with van der Waals surface area (Å²) < 4.78 is 5.46. The lowest BCUT2D eigenvalue weighted by Gasteiger charge is -2.15. The third kappa shape index (κ3) is 2.80. The van der Waals surface area contributed by atoms with Gasteiger partial charge in [-0.3, -0.25) is 4.98 Å². The number of aliphatic hydroxyl groups excluding tert-OH is 1. The lowest BCUT2D eigenvalue weighted by atomic mass is 9.96. The van der Waals surface area contributed by atoms with Gasteiger partial charge in [-0.05, 0) is 31.9 Å². The highest BCUT2D eigenvalue weighted by molar-refractivity contribution is 5.13. The molecule has 3 unspecified atom stereocenters. The van der Waals surface area contributed by atoms with Crippen LogP contribution in [-0.2, 0) is 11.2 Å². The first-order valence-corrected chi connectivity index (χ1v) is 5.86. The van der Waals surface area contributed by atoms with Crippen molar-refractivity contribution in [3.8, 4) is 0 Å². The summed E-state index contributed by atoms with van der Waals surface area (Å²) in [5, 5.41) is 10.1. The molecule has 1 aliphatic rings. The van der Waals surface area contributed by atoms with Crippen LogP contribution in [0.3, 0.4) is 0 Å². The van der Waals surface area contributed by atoms with Crippen molar-refractivity contribution in [2.75, 3.05) is 6.61 Å². The highest BCUT2D eigenvalue weighted by Gasteiger charge is 2.28. The molecule has 2 rings (SSSR count). The molecule has 1 aromatic rings. The molecule has 3 heteroatoms. The van der Waals surface area contributed by atoms with E-state index in [-0.39, 0.29) is 18.1 Å². The molecule has 1 aliphatic heterocycles. The van der Waals surface area contributed by atoms with Crippen molar-refractivity contribution in [1.82, 2.24) is 4.98 Å². The number of hydrogen-bond donors (Lipinski definition) is 1. The number of nitrogens with zero attached hydrogens (tertiary/aromatic N) is 1. The van der Waals surface area contributed by atoms with Gasteiger partial charge in [0.15, 0.2) is 0 Å². The molecule has 1 aromatic heterocycles. The quantitative estimate of drug-likeness (QED) is 0.845. The van der Waals surface area contributed by atoms with Crippen LogP contribution in [0.4, 0.5) is 0 Å². The second-order valence-corrected chi connectivity index (χ2v) is 4.74. The van der Waals surface area contributed by atoms with E-state index in [4.69, 9.17) is 4.74 Å². The van der Waals surface area contributed by atoms with Crippen LogP contribution in [0.2, 0.25) is 0 Å². The third-order valence-corrected chi connectivity index (χ3v) is 3.16. The van der Waals surface area contributed by atoms with Crippen LogP contribution < -0.4 is 0 Å². The van der Waals surface area contributed by atoms with Gasteiger partial charge in [0.05, 0.1) is 18.8 Å². The Morgan fingerprint density at radius 3 is 2.94 bits per heavy atom. The number of aryl methyl sites for hydroxylation is 1. The number of aliphatic hydroxyl groups is 1. The summed E-state index contributed by atoms with van der Waals surface area (Å²) in [7, 11) is 0. The molecular weight excluding hydrogens is 202 g/mol. The van der Waals surface area contributed by atoms with Crippen molar-refractivity contribution < 1.29 is 9.84 Å².